The molecule has 0 aliphatic heterocycles. The van der Waals surface area contributed by atoms with Gasteiger partial charge < -0.3 is 14.2 Å². The van der Waals surface area contributed by atoms with Crippen molar-refractivity contribution in [3.8, 4) is 5.75 Å². The molecule has 0 saturated heterocycles. The molecule has 3 heteroatoms. The van der Waals surface area contributed by atoms with E-state index in [1.807, 2.05) is 32.1 Å². The molecule has 164 valence electrons. The van der Waals surface area contributed by atoms with Crippen LogP contribution in [0, 0.1) is 0 Å². The first-order valence-corrected chi connectivity index (χ1v) is 11.5. The van der Waals surface area contributed by atoms with Crippen LogP contribution in [0.15, 0.2) is 43.0 Å². The minimum Gasteiger partial charge on any atom is -0.494 e. The Balaban J connectivity index is 1.92. The fourth-order valence-corrected chi connectivity index (χ4v) is 3.20. The Labute approximate surface area is 179 Å². The predicted octanol–water partition coefficient (Wildman–Crippen LogP) is 7.22. The van der Waals surface area contributed by atoms with E-state index in [0.29, 0.717) is 0 Å². The zero-order valence-corrected chi connectivity index (χ0v) is 18.8. The molecule has 3 nitrogen and oxygen atoms in total. The van der Waals surface area contributed by atoms with Crippen molar-refractivity contribution >= 4 is 5.57 Å². The smallest absolute Gasteiger partial charge is 0.119 e. The Morgan fingerprint density at radius 1 is 0.828 bits per heavy atom. The summed E-state index contributed by atoms with van der Waals surface area (Å²) in [6.07, 6.45) is 14.8. The first-order valence-electron chi connectivity index (χ1n) is 11.5. The Kier molecular flexibility index (Phi) is 16.2. The van der Waals surface area contributed by atoms with Gasteiger partial charge in [0.1, 0.15) is 5.75 Å². The van der Waals surface area contributed by atoms with Crippen molar-refractivity contribution in [1.82, 2.24) is 0 Å². The monoisotopic (exact) mass is 402 g/mol. The van der Waals surface area contributed by atoms with Gasteiger partial charge in [-0.15, -0.1) is 0 Å². The summed E-state index contributed by atoms with van der Waals surface area (Å²) in [4.78, 5) is 0. The fourth-order valence-electron chi connectivity index (χ4n) is 3.20. The molecule has 0 aliphatic rings. The topological polar surface area (TPSA) is 27.7 Å². The quantitative estimate of drug-likeness (QED) is 0.181. The molecule has 0 fully saturated rings. The predicted molar refractivity (Wildman–Crippen MR) is 125 cm³/mol. The van der Waals surface area contributed by atoms with Gasteiger partial charge in [-0.1, -0.05) is 56.5 Å². The van der Waals surface area contributed by atoms with Gasteiger partial charge in [0, 0.05) is 26.4 Å². The van der Waals surface area contributed by atoms with Crippen LogP contribution in [0.3, 0.4) is 0 Å². The number of rotatable bonds is 19. The molecule has 0 unspecified atom stereocenters. The third kappa shape index (κ3) is 13.3. The summed E-state index contributed by atoms with van der Waals surface area (Å²) in [7, 11) is 0. The van der Waals surface area contributed by atoms with Crippen molar-refractivity contribution < 1.29 is 14.2 Å². The summed E-state index contributed by atoms with van der Waals surface area (Å²) in [5.74, 6) is 0.943. The third-order valence-electron chi connectivity index (χ3n) is 4.93. The molecule has 1 rings (SSSR count). The molecule has 29 heavy (non-hydrogen) atoms. The van der Waals surface area contributed by atoms with Crippen molar-refractivity contribution in [3.05, 3.63) is 48.6 Å². The first-order chi connectivity index (χ1) is 14.3. The van der Waals surface area contributed by atoms with Gasteiger partial charge in [0.2, 0.25) is 0 Å². The minimum absolute atomic E-state index is 0.787. The van der Waals surface area contributed by atoms with Gasteiger partial charge in [-0.3, -0.25) is 0 Å². The summed E-state index contributed by atoms with van der Waals surface area (Å²) in [5.41, 5.74) is 2.30. The molecule has 0 atom stereocenters. The van der Waals surface area contributed by atoms with E-state index in [9.17, 15) is 0 Å². The average molecular weight is 403 g/mol. The van der Waals surface area contributed by atoms with Crippen LogP contribution in [0.2, 0.25) is 0 Å². The van der Waals surface area contributed by atoms with Crippen LogP contribution in [0.1, 0.15) is 77.2 Å². The van der Waals surface area contributed by atoms with E-state index < -0.39 is 0 Å². The van der Waals surface area contributed by atoms with Crippen LogP contribution in [0.4, 0.5) is 0 Å². The van der Waals surface area contributed by atoms with E-state index in [4.69, 9.17) is 14.2 Å². The third-order valence-corrected chi connectivity index (χ3v) is 4.93. The van der Waals surface area contributed by atoms with Crippen LogP contribution >= 0.6 is 0 Å². The zero-order chi connectivity index (χ0) is 21.0. The lowest BCUT2D eigenvalue weighted by Crippen LogP contribution is -1.99. The maximum atomic E-state index is 5.91. The summed E-state index contributed by atoms with van der Waals surface area (Å²) in [5, 5.41) is 0. The van der Waals surface area contributed by atoms with E-state index >= 15 is 0 Å². The van der Waals surface area contributed by atoms with Crippen molar-refractivity contribution in [3.63, 3.8) is 0 Å². The van der Waals surface area contributed by atoms with Gasteiger partial charge in [0.25, 0.3) is 0 Å². The number of hydrogen-bond acceptors (Lipinski definition) is 3. The minimum atomic E-state index is 0.787. The van der Waals surface area contributed by atoms with Crippen LogP contribution < -0.4 is 4.74 Å². The number of ether oxygens (including phenoxy) is 3. The summed E-state index contributed by atoms with van der Waals surface area (Å²) in [6.45, 7) is 12.2. The Hall–Kier alpha value is -1.58. The molecule has 1 aromatic carbocycles. The maximum absolute atomic E-state index is 5.91. The van der Waals surface area contributed by atoms with Gasteiger partial charge in [0.05, 0.1) is 6.61 Å². The molecule has 0 saturated carbocycles. The van der Waals surface area contributed by atoms with Gasteiger partial charge in [-0.05, 0) is 69.2 Å². The van der Waals surface area contributed by atoms with Gasteiger partial charge in [-0.25, -0.2) is 0 Å². The van der Waals surface area contributed by atoms with E-state index in [1.165, 1.54) is 38.5 Å². The molecule has 0 N–H and O–H groups in total. The second-order valence-electron chi connectivity index (χ2n) is 7.32. The van der Waals surface area contributed by atoms with Gasteiger partial charge in [0.15, 0.2) is 0 Å². The number of allylic oxidation sites excluding steroid dienone is 3. The average Bonchev–Trinajstić information content (AvgIpc) is 2.74. The highest BCUT2D eigenvalue weighted by Crippen LogP contribution is 2.21. The van der Waals surface area contributed by atoms with Gasteiger partial charge >= 0.3 is 0 Å². The number of unbranched alkanes of at least 4 members (excludes halogenated alkanes) is 7. The molecule has 0 radical (unpaired) electrons. The summed E-state index contributed by atoms with van der Waals surface area (Å²) in [6, 6.07) is 8.26. The second-order valence-corrected chi connectivity index (χ2v) is 7.32. The highest BCUT2D eigenvalue weighted by Gasteiger charge is 2.00. The largest absolute Gasteiger partial charge is 0.494 e. The van der Waals surface area contributed by atoms with E-state index in [-0.39, 0.29) is 0 Å². The molecule has 0 amide bonds. The van der Waals surface area contributed by atoms with Crippen LogP contribution in [-0.2, 0) is 9.47 Å². The number of hydrogen-bond donors (Lipinski definition) is 0. The Bertz CT molecular complexity index is 551. The normalized spacial score (nSPS) is 11.6. The van der Waals surface area contributed by atoms with Crippen molar-refractivity contribution in [2.45, 2.75) is 71.6 Å². The summed E-state index contributed by atoms with van der Waals surface area (Å²) >= 11 is 0. The van der Waals surface area contributed by atoms with Crippen LogP contribution in [0.5, 0.6) is 5.75 Å². The molecule has 0 bridgehead atoms. The fraction of sp³-hybridized carbons (Fsp3) is 0.615. The zero-order valence-electron chi connectivity index (χ0n) is 18.8. The SMILES string of the molecule is C=C/C(=C\C)c1cccc(OCCCCCCCCOCCCCCOCC)c1. The van der Waals surface area contributed by atoms with Crippen molar-refractivity contribution in [2.24, 2.45) is 0 Å². The molecule has 0 aliphatic carbocycles. The van der Waals surface area contributed by atoms with Crippen molar-refractivity contribution in [2.75, 3.05) is 33.0 Å². The summed E-state index contributed by atoms with van der Waals surface area (Å²) < 4.78 is 16.9. The maximum Gasteiger partial charge on any atom is 0.119 e. The number of benzene rings is 1. The van der Waals surface area contributed by atoms with Crippen LogP contribution in [-0.4, -0.2) is 33.0 Å². The lowest BCUT2D eigenvalue weighted by molar-refractivity contribution is 0.117. The second kappa shape index (κ2) is 18.4. The molecule has 0 aromatic heterocycles. The van der Waals surface area contributed by atoms with Gasteiger partial charge in [-0.2, -0.15) is 0 Å². The van der Waals surface area contributed by atoms with Crippen molar-refractivity contribution in [1.29, 1.82) is 0 Å². The first kappa shape index (κ1) is 25.5. The Morgan fingerprint density at radius 2 is 1.41 bits per heavy atom. The van der Waals surface area contributed by atoms with Crippen LogP contribution in [0.25, 0.3) is 5.57 Å². The lowest BCUT2D eigenvalue weighted by Gasteiger charge is -2.09. The Morgan fingerprint density at radius 3 is 2.03 bits per heavy atom. The molecule has 1 aromatic rings. The highest BCUT2D eigenvalue weighted by molar-refractivity contribution is 5.73. The molecule has 0 spiro atoms. The van der Waals surface area contributed by atoms with E-state index in [2.05, 4.69) is 24.8 Å². The molecule has 0 heterocycles. The standard InChI is InChI=1S/C26H42O3/c1-4-24(5-2)25-17-16-18-26(23-25)29-22-15-10-8-7-9-12-20-28-21-14-11-13-19-27-6-3/h4-5,16-18,23H,1,6-15,19-22H2,2-3H3/b24-5+. The molecular formula is C26H42O3. The molecular weight excluding hydrogens is 360 g/mol. The lowest BCUT2D eigenvalue weighted by atomic mass is 10.1. The van der Waals surface area contributed by atoms with E-state index in [0.717, 1.165) is 69.2 Å². The highest BCUT2D eigenvalue weighted by atomic mass is 16.5. The van der Waals surface area contributed by atoms with E-state index in [1.54, 1.807) is 0 Å².